The molecule has 108 valence electrons. The topological polar surface area (TPSA) is 0 Å². The van der Waals surface area contributed by atoms with Crippen LogP contribution in [0.2, 0.25) is 0 Å². The summed E-state index contributed by atoms with van der Waals surface area (Å²) < 4.78 is 0. The minimum Gasteiger partial charge on any atom is -0.0619 e. The molecule has 0 fully saturated rings. The van der Waals surface area contributed by atoms with E-state index in [1.165, 1.54) is 38.9 Å². The summed E-state index contributed by atoms with van der Waals surface area (Å²) in [5.41, 5.74) is 9.71. The quantitative estimate of drug-likeness (QED) is 0.516. The van der Waals surface area contributed by atoms with Crippen molar-refractivity contribution in [3.8, 4) is 22.3 Å². The Hall–Kier alpha value is -2.34. The van der Waals surface area contributed by atoms with Gasteiger partial charge in [-0.1, -0.05) is 86.1 Å². The molecule has 3 aromatic carbocycles. The second-order valence-electron chi connectivity index (χ2n) is 6.77. The van der Waals surface area contributed by atoms with Gasteiger partial charge in [0, 0.05) is 5.41 Å². The molecule has 0 heterocycles. The molecule has 0 atom stereocenters. The highest BCUT2D eigenvalue weighted by molar-refractivity contribution is 5.92. The summed E-state index contributed by atoms with van der Waals surface area (Å²) in [6, 6.07) is 24.4. The van der Waals surface area contributed by atoms with Crippen LogP contribution in [0.4, 0.5) is 0 Å². The average Bonchev–Trinajstić information content (AvgIpc) is 2.76. The summed E-state index contributed by atoms with van der Waals surface area (Å²) >= 11 is 0. The Bertz CT molecular complexity index is 869. The summed E-state index contributed by atoms with van der Waals surface area (Å²) in [6.07, 6.45) is 0. The largest absolute Gasteiger partial charge is 0.0619 e. The number of hydrogen-bond donors (Lipinski definition) is 0. The van der Waals surface area contributed by atoms with Crippen LogP contribution in [0, 0.1) is 6.92 Å². The highest BCUT2D eigenvalue weighted by Crippen LogP contribution is 2.51. The molecule has 1 aliphatic rings. The van der Waals surface area contributed by atoms with E-state index in [1.807, 2.05) is 0 Å². The van der Waals surface area contributed by atoms with Crippen LogP contribution >= 0.6 is 0 Å². The van der Waals surface area contributed by atoms with Gasteiger partial charge in [0.05, 0.1) is 0 Å². The molecule has 0 aliphatic heterocycles. The van der Waals surface area contributed by atoms with Gasteiger partial charge in [-0.2, -0.15) is 0 Å². The van der Waals surface area contributed by atoms with Gasteiger partial charge in [-0.25, -0.2) is 0 Å². The molecule has 1 aliphatic carbocycles. The van der Waals surface area contributed by atoms with Crippen LogP contribution in [0.5, 0.6) is 0 Å². The number of aryl methyl sites for hydroxylation is 1. The first-order valence-corrected chi connectivity index (χ1v) is 7.89. The van der Waals surface area contributed by atoms with Crippen LogP contribution in [-0.2, 0) is 5.41 Å². The number of rotatable bonds is 1. The molecule has 0 amide bonds. The minimum absolute atomic E-state index is 0.0752. The summed E-state index contributed by atoms with van der Waals surface area (Å²) in [4.78, 5) is 0. The average molecular weight is 284 g/mol. The first-order valence-electron chi connectivity index (χ1n) is 7.89. The van der Waals surface area contributed by atoms with Gasteiger partial charge in [-0.05, 0) is 40.3 Å². The number of fused-ring (bicyclic) bond motifs is 3. The molecule has 0 nitrogen and oxygen atoms in total. The fourth-order valence-electron chi connectivity index (χ4n) is 3.81. The van der Waals surface area contributed by atoms with Crippen molar-refractivity contribution in [2.24, 2.45) is 0 Å². The van der Waals surface area contributed by atoms with E-state index in [4.69, 9.17) is 0 Å². The predicted molar refractivity (Wildman–Crippen MR) is 94.2 cm³/mol. The lowest BCUT2D eigenvalue weighted by Crippen LogP contribution is -2.14. The van der Waals surface area contributed by atoms with E-state index < -0.39 is 0 Å². The highest BCUT2D eigenvalue weighted by Gasteiger charge is 2.36. The molecule has 0 bridgehead atoms. The molecule has 0 unspecified atom stereocenters. The van der Waals surface area contributed by atoms with E-state index in [2.05, 4.69) is 87.5 Å². The zero-order valence-electron chi connectivity index (χ0n) is 13.4. The maximum absolute atomic E-state index is 2.33. The zero-order valence-corrected chi connectivity index (χ0v) is 13.4. The van der Waals surface area contributed by atoms with E-state index in [9.17, 15) is 0 Å². The molecule has 0 aromatic heterocycles. The van der Waals surface area contributed by atoms with Crippen LogP contribution in [0.3, 0.4) is 0 Å². The minimum atomic E-state index is 0.0752. The van der Waals surface area contributed by atoms with E-state index in [0.717, 1.165) is 0 Å². The van der Waals surface area contributed by atoms with Gasteiger partial charge in [0.25, 0.3) is 0 Å². The highest BCUT2D eigenvalue weighted by atomic mass is 14.4. The molecule has 0 heteroatoms. The van der Waals surface area contributed by atoms with E-state index in [0.29, 0.717) is 0 Å². The van der Waals surface area contributed by atoms with Crippen LogP contribution in [0.25, 0.3) is 22.3 Å². The van der Waals surface area contributed by atoms with Crippen molar-refractivity contribution in [2.45, 2.75) is 26.2 Å². The lowest BCUT2D eigenvalue weighted by Gasteiger charge is -2.21. The Kier molecular flexibility index (Phi) is 2.77. The van der Waals surface area contributed by atoms with E-state index >= 15 is 0 Å². The fourth-order valence-corrected chi connectivity index (χ4v) is 3.81. The molecule has 0 radical (unpaired) electrons. The van der Waals surface area contributed by atoms with Crippen molar-refractivity contribution in [2.75, 3.05) is 0 Å². The molecule has 0 spiro atoms. The van der Waals surface area contributed by atoms with Gasteiger partial charge >= 0.3 is 0 Å². The summed E-state index contributed by atoms with van der Waals surface area (Å²) in [7, 11) is 0. The van der Waals surface area contributed by atoms with Crippen LogP contribution < -0.4 is 0 Å². The van der Waals surface area contributed by atoms with E-state index in [-0.39, 0.29) is 5.41 Å². The third kappa shape index (κ3) is 1.77. The van der Waals surface area contributed by atoms with Crippen molar-refractivity contribution >= 4 is 0 Å². The third-order valence-corrected chi connectivity index (χ3v) is 4.94. The van der Waals surface area contributed by atoms with Crippen molar-refractivity contribution in [1.82, 2.24) is 0 Å². The zero-order chi connectivity index (χ0) is 15.3. The third-order valence-electron chi connectivity index (χ3n) is 4.94. The van der Waals surface area contributed by atoms with Crippen molar-refractivity contribution in [1.29, 1.82) is 0 Å². The van der Waals surface area contributed by atoms with Crippen LogP contribution in [-0.4, -0.2) is 0 Å². The predicted octanol–water partition coefficient (Wildman–Crippen LogP) is 5.97. The number of hydrogen-bond acceptors (Lipinski definition) is 0. The van der Waals surface area contributed by atoms with Crippen molar-refractivity contribution < 1.29 is 0 Å². The standard InChI is InChI=1S/C22H20/c1-15-8-6-9-16(14-15)17-11-7-13-20-21(17)18-10-4-5-12-19(18)22(20,2)3/h4-14H,1-3H3. The van der Waals surface area contributed by atoms with Gasteiger partial charge in [0.1, 0.15) is 0 Å². The summed E-state index contributed by atoms with van der Waals surface area (Å²) in [6.45, 7) is 6.82. The van der Waals surface area contributed by atoms with Crippen LogP contribution in [0.15, 0.2) is 66.7 Å². The van der Waals surface area contributed by atoms with Crippen molar-refractivity contribution in [3.05, 3.63) is 83.4 Å². The normalized spacial score (nSPS) is 14.5. The first-order chi connectivity index (χ1) is 10.6. The molecular formula is C22H20. The van der Waals surface area contributed by atoms with Gasteiger partial charge in [0.15, 0.2) is 0 Å². The molecule has 0 saturated carbocycles. The monoisotopic (exact) mass is 284 g/mol. The molecule has 22 heavy (non-hydrogen) atoms. The molecule has 4 rings (SSSR count). The molecule has 3 aromatic rings. The second kappa shape index (κ2) is 4.58. The Morgan fingerprint density at radius 3 is 2.18 bits per heavy atom. The Morgan fingerprint density at radius 1 is 0.682 bits per heavy atom. The smallest absolute Gasteiger partial charge is 0.0159 e. The molecule has 0 N–H and O–H groups in total. The second-order valence-corrected chi connectivity index (χ2v) is 6.77. The lowest BCUT2D eigenvalue weighted by atomic mass is 9.82. The van der Waals surface area contributed by atoms with Gasteiger partial charge < -0.3 is 0 Å². The lowest BCUT2D eigenvalue weighted by molar-refractivity contribution is 0.660. The maximum Gasteiger partial charge on any atom is 0.0159 e. The van der Waals surface area contributed by atoms with Gasteiger partial charge in [-0.15, -0.1) is 0 Å². The fraction of sp³-hybridized carbons (Fsp3) is 0.182. The van der Waals surface area contributed by atoms with Gasteiger partial charge in [-0.3, -0.25) is 0 Å². The summed E-state index contributed by atoms with van der Waals surface area (Å²) in [5, 5.41) is 0. The Labute approximate surface area is 132 Å². The first kappa shape index (κ1) is 13.3. The van der Waals surface area contributed by atoms with Gasteiger partial charge in [0.2, 0.25) is 0 Å². The Morgan fingerprint density at radius 2 is 1.36 bits per heavy atom. The van der Waals surface area contributed by atoms with Crippen LogP contribution in [0.1, 0.15) is 30.5 Å². The maximum atomic E-state index is 2.33. The Balaban J connectivity index is 2.07. The van der Waals surface area contributed by atoms with Crippen molar-refractivity contribution in [3.63, 3.8) is 0 Å². The molecule has 0 saturated heterocycles. The summed E-state index contributed by atoms with van der Waals surface area (Å²) in [5.74, 6) is 0. The number of benzene rings is 3. The van der Waals surface area contributed by atoms with E-state index in [1.54, 1.807) is 0 Å². The SMILES string of the molecule is Cc1cccc(-c2cccc3c2-c2ccccc2C3(C)C)c1. The molecular weight excluding hydrogens is 264 g/mol.